The second-order valence-corrected chi connectivity index (χ2v) is 8.17. The summed E-state index contributed by atoms with van der Waals surface area (Å²) in [6.45, 7) is 9.44. The molecular weight excluding hydrogens is 334 g/mol. The fourth-order valence-electron chi connectivity index (χ4n) is 4.44. The Kier molecular flexibility index (Phi) is 4.83. The van der Waals surface area contributed by atoms with Gasteiger partial charge in [0, 0.05) is 11.5 Å². The zero-order valence-electron chi connectivity index (χ0n) is 16.5. The van der Waals surface area contributed by atoms with Crippen molar-refractivity contribution in [2.75, 3.05) is 24.7 Å². The van der Waals surface area contributed by atoms with E-state index in [1.807, 2.05) is 41.3 Å². The number of fused-ring (bicyclic) bond motifs is 1. The number of hydrogen-bond acceptors (Lipinski definition) is 2. The van der Waals surface area contributed by atoms with Crippen molar-refractivity contribution in [3.8, 4) is 0 Å². The Balaban J connectivity index is 1.68. The number of rotatable bonds is 3. The monoisotopic (exact) mass is 362 g/mol. The summed E-state index contributed by atoms with van der Waals surface area (Å²) >= 11 is 0. The molecule has 4 rings (SSSR count). The van der Waals surface area contributed by atoms with Crippen LogP contribution >= 0.6 is 0 Å². The van der Waals surface area contributed by atoms with Crippen LogP contribution in [0.4, 0.5) is 11.4 Å². The third-order valence-corrected chi connectivity index (χ3v) is 5.59. The van der Waals surface area contributed by atoms with Crippen LogP contribution in [0.25, 0.3) is 0 Å². The number of hydrogen-bond donors (Lipinski definition) is 1. The lowest BCUT2D eigenvalue weighted by Gasteiger charge is -2.31. The molecule has 1 N–H and O–H groups in total. The molecule has 2 heterocycles. The van der Waals surface area contributed by atoms with Gasteiger partial charge >= 0.3 is 0 Å². The minimum absolute atomic E-state index is 0.0288. The molecule has 27 heavy (non-hydrogen) atoms. The van der Waals surface area contributed by atoms with E-state index in [4.69, 9.17) is 4.99 Å². The number of aryl methyl sites for hydroxylation is 2. The summed E-state index contributed by atoms with van der Waals surface area (Å²) in [5, 5.41) is 0. The van der Waals surface area contributed by atoms with Crippen molar-refractivity contribution in [2.45, 2.75) is 33.6 Å². The van der Waals surface area contributed by atoms with Crippen LogP contribution in [0, 0.1) is 19.8 Å². The van der Waals surface area contributed by atoms with Gasteiger partial charge < -0.3 is 4.90 Å². The maximum atomic E-state index is 13.3. The number of amides is 1. The number of carbonyl (C=O) groups excluding carboxylic acids is 1. The molecule has 2 aliphatic heterocycles. The molecule has 4 nitrogen and oxygen atoms in total. The van der Waals surface area contributed by atoms with Crippen LogP contribution in [0.5, 0.6) is 0 Å². The molecule has 0 spiro atoms. The van der Waals surface area contributed by atoms with Crippen LogP contribution in [0.3, 0.4) is 0 Å². The van der Waals surface area contributed by atoms with E-state index in [0.717, 1.165) is 53.7 Å². The third kappa shape index (κ3) is 3.67. The van der Waals surface area contributed by atoms with Gasteiger partial charge in [0.25, 0.3) is 5.91 Å². The highest BCUT2D eigenvalue weighted by Crippen LogP contribution is 2.30. The number of likely N-dealkylation sites (tertiary alicyclic amines) is 1. The molecule has 0 saturated carbocycles. The molecule has 4 heteroatoms. The number of carbonyl (C=O) groups is 1. The average molecular weight is 362 g/mol. The Bertz CT molecular complexity index is 882. The van der Waals surface area contributed by atoms with Crippen molar-refractivity contribution in [3.63, 3.8) is 0 Å². The summed E-state index contributed by atoms with van der Waals surface area (Å²) in [5.41, 5.74) is 5.70. The van der Waals surface area contributed by atoms with Gasteiger partial charge in [0.2, 0.25) is 0 Å². The molecular formula is C23H28N3O+. The molecule has 2 atom stereocenters. The van der Waals surface area contributed by atoms with E-state index in [9.17, 15) is 4.79 Å². The molecule has 2 aromatic rings. The fourth-order valence-corrected chi connectivity index (χ4v) is 4.44. The molecule has 1 amide bonds. The van der Waals surface area contributed by atoms with Gasteiger partial charge in [-0.15, -0.1) is 0 Å². The average Bonchev–Trinajstić information content (AvgIpc) is 2.87. The Morgan fingerprint density at radius 1 is 1.15 bits per heavy atom. The van der Waals surface area contributed by atoms with E-state index in [-0.39, 0.29) is 5.91 Å². The fraction of sp³-hybridized carbons (Fsp3) is 0.391. The highest BCUT2D eigenvalue weighted by Gasteiger charge is 2.36. The summed E-state index contributed by atoms with van der Waals surface area (Å²) < 4.78 is 0. The molecule has 0 radical (unpaired) electrons. The normalized spacial score (nSPS) is 23.7. The predicted octanol–water partition coefficient (Wildman–Crippen LogP) is 3.04. The lowest BCUT2D eigenvalue weighted by molar-refractivity contribution is -0.907. The Labute approximate surface area is 161 Å². The van der Waals surface area contributed by atoms with E-state index in [0.29, 0.717) is 5.71 Å². The number of benzene rings is 2. The zero-order chi connectivity index (χ0) is 19.0. The molecule has 0 aliphatic carbocycles. The maximum absolute atomic E-state index is 13.3. The van der Waals surface area contributed by atoms with Gasteiger partial charge in [0.1, 0.15) is 5.71 Å². The summed E-state index contributed by atoms with van der Waals surface area (Å²) in [4.78, 5) is 21.5. The van der Waals surface area contributed by atoms with Gasteiger partial charge in [-0.3, -0.25) is 9.69 Å². The SMILES string of the molecule is Cc1cc(C)cc(N=C2C(=O)N(C[NH+]3CCC[C@H](C)C3)c3ccccc32)c1. The summed E-state index contributed by atoms with van der Waals surface area (Å²) in [5.74, 6) is 0.756. The lowest BCUT2D eigenvalue weighted by Crippen LogP contribution is -3.15. The number of piperidine rings is 1. The van der Waals surface area contributed by atoms with Crippen LogP contribution in [0.15, 0.2) is 47.5 Å². The molecule has 2 aliphatic rings. The Hall–Kier alpha value is -2.46. The molecule has 0 bridgehead atoms. The predicted molar refractivity (Wildman–Crippen MR) is 110 cm³/mol. The largest absolute Gasteiger partial charge is 0.317 e. The van der Waals surface area contributed by atoms with E-state index in [1.165, 1.54) is 17.7 Å². The van der Waals surface area contributed by atoms with Gasteiger partial charge in [-0.25, -0.2) is 4.99 Å². The van der Waals surface area contributed by atoms with Gasteiger partial charge in [0.05, 0.1) is 24.5 Å². The smallest absolute Gasteiger partial charge is 0.281 e. The number of quaternary nitrogens is 1. The molecule has 1 fully saturated rings. The number of nitrogens with zero attached hydrogens (tertiary/aromatic N) is 2. The third-order valence-electron chi connectivity index (χ3n) is 5.59. The van der Waals surface area contributed by atoms with E-state index in [2.05, 4.69) is 26.8 Å². The minimum Gasteiger partial charge on any atom is -0.317 e. The number of nitrogens with one attached hydrogen (secondary N) is 1. The van der Waals surface area contributed by atoms with Crippen LogP contribution in [-0.2, 0) is 4.79 Å². The number of aliphatic imine (C=N–C) groups is 1. The summed E-state index contributed by atoms with van der Waals surface area (Å²) in [6, 6.07) is 14.3. The highest BCUT2D eigenvalue weighted by molar-refractivity contribution is 6.54. The van der Waals surface area contributed by atoms with E-state index in [1.54, 1.807) is 0 Å². The van der Waals surface area contributed by atoms with E-state index < -0.39 is 0 Å². The Morgan fingerprint density at radius 2 is 1.89 bits per heavy atom. The highest BCUT2D eigenvalue weighted by atomic mass is 16.2. The standard InChI is InChI=1S/C23H27N3O/c1-16-7-6-10-25(14-16)15-26-21-9-5-4-8-20(21)22(23(26)27)24-19-12-17(2)11-18(3)13-19/h4-5,8-9,11-13,16H,6-7,10,14-15H2,1-3H3/p+1/t16-/m0/s1. The van der Waals surface area contributed by atoms with Crippen molar-refractivity contribution < 1.29 is 9.69 Å². The van der Waals surface area contributed by atoms with Crippen molar-refractivity contribution in [1.82, 2.24) is 0 Å². The quantitative estimate of drug-likeness (QED) is 0.895. The lowest BCUT2D eigenvalue weighted by atomic mass is 10.0. The van der Waals surface area contributed by atoms with Crippen molar-refractivity contribution in [1.29, 1.82) is 0 Å². The topological polar surface area (TPSA) is 37.1 Å². The zero-order valence-corrected chi connectivity index (χ0v) is 16.5. The minimum atomic E-state index is 0.0288. The van der Waals surface area contributed by atoms with Gasteiger partial charge in [-0.2, -0.15) is 0 Å². The first-order valence-corrected chi connectivity index (χ1v) is 9.93. The number of anilines is 1. The maximum Gasteiger partial charge on any atom is 0.281 e. The summed E-state index contributed by atoms with van der Waals surface area (Å²) in [6.07, 6.45) is 2.54. The first-order valence-electron chi connectivity index (χ1n) is 9.93. The Morgan fingerprint density at radius 3 is 2.63 bits per heavy atom. The molecule has 0 aromatic heterocycles. The van der Waals surface area contributed by atoms with Crippen LogP contribution in [0.1, 0.15) is 36.5 Å². The first-order chi connectivity index (χ1) is 13.0. The van der Waals surface area contributed by atoms with Crippen LogP contribution < -0.4 is 9.80 Å². The number of para-hydroxylation sites is 1. The molecule has 1 saturated heterocycles. The first kappa shape index (κ1) is 17.9. The van der Waals surface area contributed by atoms with Crippen LogP contribution in [-0.4, -0.2) is 31.4 Å². The molecule has 1 unspecified atom stereocenters. The van der Waals surface area contributed by atoms with Gasteiger partial charge in [0.15, 0.2) is 6.67 Å². The second-order valence-electron chi connectivity index (χ2n) is 8.17. The van der Waals surface area contributed by atoms with Gasteiger partial charge in [-0.1, -0.05) is 31.2 Å². The molecule has 2 aromatic carbocycles. The summed E-state index contributed by atoms with van der Waals surface area (Å²) in [7, 11) is 0. The van der Waals surface area contributed by atoms with E-state index >= 15 is 0 Å². The van der Waals surface area contributed by atoms with Gasteiger partial charge in [-0.05, 0) is 56.0 Å². The molecule has 140 valence electrons. The van der Waals surface area contributed by atoms with Crippen LogP contribution in [0.2, 0.25) is 0 Å². The van der Waals surface area contributed by atoms with Crippen molar-refractivity contribution in [2.24, 2.45) is 10.9 Å². The second kappa shape index (κ2) is 7.28. The van der Waals surface area contributed by atoms with Crippen molar-refractivity contribution in [3.05, 3.63) is 59.2 Å². The van der Waals surface area contributed by atoms with Crippen molar-refractivity contribution >= 4 is 23.0 Å².